The molecule has 0 bridgehead atoms. The Hall–Kier alpha value is -1.23. The molecule has 0 unspecified atom stereocenters. The van der Waals surface area contributed by atoms with Gasteiger partial charge in [-0.1, -0.05) is 0 Å². The molecule has 5 heteroatoms. The summed E-state index contributed by atoms with van der Waals surface area (Å²) in [5.74, 6) is -0.675. The zero-order valence-corrected chi connectivity index (χ0v) is 10.3. The number of Topliss-reactive ketones (excluding diaryl/α,β-unsaturated/α-hetero) is 1. The lowest BCUT2D eigenvalue weighted by Crippen LogP contribution is -2.12. The number of halogens is 2. The molecule has 0 atom stereocenters. The van der Waals surface area contributed by atoms with E-state index in [-0.39, 0.29) is 34.8 Å². The molecule has 1 amide bonds. The summed E-state index contributed by atoms with van der Waals surface area (Å²) in [6, 6.07) is 4.19. The molecular weight excluding hydrogens is 277 g/mol. The van der Waals surface area contributed by atoms with Gasteiger partial charge in [0.25, 0.3) is 0 Å². The van der Waals surface area contributed by atoms with Gasteiger partial charge in [0, 0.05) is 18.5 Å². The lowest BCUT2D eigenvalue weighted by atomic mass is 10.2. The van der Waals surface area contributed by atoms with Gasteiger partial charge in [-0.25, -0.2) is 4.39 Å². The van der Waals surface area contributed by atoms with Crippen LogP contribution >= 0.6 is 15.9 Å². The number of rotatable bonds is 4. The monoisotopic (exact) mass is 287 g/mol. The van der Waals surface area contributed by atoms with E-state index in [1.165, 1.54) is 25.1 Å². The Labute approximate surface area is 101 Å². The van der Waals surface area contributed by atoms with Crippen LogP contribution in [0.25, 0.3) is 0 Å². The van der Waals surface area contributed by atoms with Gasteiger partial charge in [-0.2, -0.15) is 0 Å². The van der Waals surface area contributed by atoms with Gasteiger partial charge in [0.2, 0.25) is 5.91 Å². The molecule has 0 radical (unpaired) electrons. The summed E-state index contributed by atoms with van der Waals surface area (Å²) in [5, 5.41) is 2.58. The molecule has 0 aliphatic rings. The van der Waals surface area contributed by atoms with Crippen molar-refractivity contribution in [3.8, 4) is 0 Å². The zero-order valence-electron chi connectivity index (χ0n) is 8.72. The summed E-state index contributed by atoms with van der Waals surface area (Å²) < 4.78 is 13.2. The second-order valence-corrected chi connectivity index (χ2v) is 4.23. The molecule has 0 spiro atoms. The van der Waals surface area contributed by atoms with Gasteiger partial charge in [-0.05, 0) is 41.1 Å². The molecule has 0 aromatic heterocycles. The maximum absolute atomic E-state index is 12.9. The van der Waals surface area contributed by atoms with Crippen LogP contribution in [-0.4, -0.2) is 11.7 Å². The molecular formula is C11H11BrFNO2. The van der Waals surface area contributed by atoms with Gasteiger partial charge in [0.15, 0.2) is 0 Å². The van der Waals surface area contributed by atoms with E-state index in [4.69, 9.17) is 0 Å². The van der Waals surface area contributed by atoms with Crippen molar-refractivity contribution in [1.82, 2.24) is 0 Å². The summed E-state index contributed by atoms with van der Waals surface area (Å²) in [5.41, 5.74) is 0.502. The summed E-state index contributed by atoms with van der Waals surface area (Å²) in [6.45, 7) is 1.43. The minimum Gasteiger partial charge on any atom is -0.326 e. The normalized spacial score (nSPS) is 9.94. The quantitative estimate of drug-likeness (QED) is 0.926. The first kappa shape index (κ1) is 12.8. The fourth-order valence-corrected chi connectivity index (χ4v) is 1.47. The molecule has 1 N–H and O–H groups in total. The smallest absolute Gasteiger partial charge is 0.224 e. The first-order chi connectivity index (χ1) is 7.49. The van der Waals surface area contributed by atoms with Crippen molar-refractivity contribution in [3.63, 3.8) is 0 Å². The lowest BCUT2D eigenvalue weighted by Gasteiger charge is -2.05. The Kier molecular flexibility index (Phi) is 4.61. The minimum absolute atomic E-state index is 0.0320. The van der Waals surface area contributed by atoms with Gasteiger partial charge in [-0.3, -0.25) is 4.79 Å². The maximum Gasteiger partial charge on any atom is 0.224 e. The standard InChI is InChI=1S/C11H11BrFNO2/c1-7(15)2-5-11(16)14-8-3-4-10(13)9(12)6-8/h3-4,6H,2,5H2,1H3,(H,14,16). The average molecular weight is 288 g/mol. The van der Waals surface area contributed by atoms with Crippen LogP contribution in [-0.2, 0) is 9.59 Å². The molecule has 0 heterocycles. The third kappa shape index (κ3) is 4.10. The van der Waals surface area contributed by atoms with Gasteiger partial charge >= 0.3 is 0 Å². The molecule has 16 heavy (non-hydrogen) atoms. The predicted molar refractivity (Wildman–Crippen MR) is 62.6 cm³/mol. The molecule has 86 valence electrons. The van der Waals surface area contributed by atoms with Crippen LogP contribution in [0, 0.1) is 5.82 Å². The number of benzene rings is 1. The largest absolute Gasteiger partial charge is 0.326 e. The third-order valence-electron chi connectivity index (χ3n) is 1.91. The predicted octanol–water partition coefficient (Wildman–Crippen LogP) is 2.90. The Bertz CT molecular complexity index is 420. The number of carbonyl (C=O) groups is 2. The maximum atomic E-state index is 12.9. The van der Waals surface area contributed by atoms with Crippen LogP contribution < -0.4 is 5.32 Å². The third-order valence-corrected chi connectivity index (χ3v) is 2.52. The number of hydrogen-bond acceptors (Lipinski definition) is 2. The van der Waals surface area contributed by atoms with E-state index in [1.807, 2.05) is 0 Å². The second kappa shape index (κ2) is 5.75. The van der Waals surface area contributed by atoms with Crippen molar-refractivity contribution in [2.24, 2.45) is 0 Å². The molecule has 1 rings (SSSR count). The highest BCUT2D eigenvalue weighted by molar-refractivity contribution is 9.10. The Morgan fingerprint density at radius 3 is 2.62 bits per heavy atom. The van der Waals surface area contributed by atoms with E-state index in [2.05, 4.69) is 21.2 Å². The molecule has 0 fully saturated rings. The topological polar surface area (TPSA) is 46.2 Å². The highest BCUT2D eigenvalue weighted by Crippen LogP contribution is 2.20. The Morgan fingerprint density at radius 2 is 2.06 bits per heavy atom. The fraction of sp³-hybridized carbons (Fsp3) is 0.273. The SMILES string of the molecule is CC(=O)CCC(=O)Nc1ccc(F)c(Br)c1. The second-order valence-electron chi connectivity index (χ2n) is 3.38. The van der Waals surface area contributed by atoms with Crippen molar-refractivity contribution in [3.05, 3.63) is 28.5 Å². The molecule has 1 aromatic carbocycles. The van der Waals surface area contributed by atoms with E-state index < -0.39 is 0 Å². The van der Waals surface area contributed by atoms with Crippen LogP contribution in [0.15, 0.2) is 22.7 Å². The number of hydrogen-bond donors (Lipinski definition) is 1. The van der Waals surface area contributed by atoms with Crippen molar-refractivity contribution in [2.45, 2.75) is 19.8 Å². The Balaban J connectivity index is 2.56. The van der Waals surface area contributed by atoms with E-state index in [0.29, 0.717) is 5.69 Å². The number of amides is 1. The van der Waals surface area contributed by atoms with E-state index in [1.54, 1.807) is 0 Å². The summed E-state index contributed by atoms with van der Waals surface area (Å²) in [7, 11) is 0. The zero-order chi connectivity index (χ0) is 12.1. The van der Waals surface area contributed by atoms with E-state index in [0.717, 1.165) is 0 Å². The molecule has 0 saturated heterocycles. The first-order valence-electron chi connectivity index (χ1n) is 4.73. The highest BCUT2D eigenvalue weighted by atomic mass is 79.9. The molecule has 1 aromatic rings. The van der Waals surface area contributed by atoms with Crippen molar-refractivity contribution in [1.29, 1.82) is 0 Å². The van der Waals surface area contributed by atoms with Gasteiger partial charge in [-0.15, -0.1) is 0 Å². The van der Waals surface area contributed by atoms with Crippen LogP contribution in [0.1, 0.15) is 19.8 Å². The van der Waals surface area contributed by atoms with Gasteiger partial charge in [0.1, 0.15) is 11.6 Å². The number of anilines is 1. The minimum atomic E-state index is -0.387. The number of carbonyl (C=O) groups excluding carboxylic acids is 2. The summed E-state index contributed by atoms with van der Waals surface area (Å²) in [4.78, 5) is 22.0. The van der Waals surface area contributed by atoms with Crippen LogP contribution in [0.2, 0.25) is 0 Å². The average Bonchev–Trinajstić information content (AvgIpc) is 2.21. The molecule has 0 saturated carbocycles. The van der Waals surface area contributed by atoms with E-state index >= 15 is 0 Å². The van der Waals surface area contributed by atoms with Crippen molar-refractivity contribution >= 4 is 33.3 Å². The van der Waals surface area contributed by atoms with Crippen molar-refractivity contribution < 1.29 is 14.0 Å². The van der Waals surface area contributed by atoms with Crippen molar-refractivity contribution in [2.75, 3.05) is 5.32 Å². The molecule has 0 aliphatic heterocycles. The fourth-order valence-electron chi connectivity index (χ4n) is 1.09. The first-order valence-corrected chi connectivity index (χ1v) is 5.52. The summed E-state index contributed by atoms with van der Waals surface area (Å²) in [6.07, 6.45) is 0.360. The lowest BCUT2D eigenvalue weighted by molar-refractivity contribution is -0.121. The Morgan fingerprint density at radius 1 is 1.38 bits per heavy atom. The highest BCUT2D eigenvalue weighted by Gasteiger charge is 2.06. The van der Waals surface area contributed by atoms with Crippen LogP contribution in [0.3, 0.4) is 0 Å². The van der Waals surface area contributed by atoms with Gasteiger partial charge < -0.3 is 10.1 Å². The van der Waals surface area contributed by atoms with Gasteiger partial charge in [0.05, 0.1) is 4.47 Å². The van der Waals surface area contributed by atoms with E-state index in [9.17, 15) is 14.0 Å². The van der Waals surface area contributed by atoms with Crippen LogP contribution in [0.5, 0.6) is 0 Å². The summed E-state index contributed by atoms with van der Waals surface area (Å²) >= 11 is 3.02. The number of ketones is 1. The number of nitrogens with one attached hydrogen (secondary N) is 1. The molecule has 0 aliphatic carbocycles. The van der Waals surface area contributed by atoms with Crippen LogP contribution in [0.4, 0.5) is 10.1 Å². The molecule has 3 nitrogen and oxygen atoms in total.